The number of carbonyl (C=O) groups excluding carboxylic acids is 2. The monoisotopic (exact) mass is 605 g/mol. The van der Waals surface area contributed by atoms with E-state index in [1.54, 1.807) is 12.1 Å². The zero-order valence-corrected chi connectivity index (χ0v) is 26.7. The van der Waals surface area contributed by atoms with Gasteiger partial charge in [0.1, 0.15) is 11.5 Å². The van der Waals surface area contributed by atoms with Crippen molar-refractivity contribution in [1.29, 1.82) is 0 Å². The lowest BCUT2D eigenvalue weighted by Crippen LogP contribution is -2.38. The largest absolute Gasteiger partial charge is 0.456 e. The van der Waals surface area contributed by atoms with E-state index in [4.69, 9.17) is 9.47 Å². The molecular formula is C38H43N3O4. The van der Waals surface area contributed by atoms with Crippen LogP contribution in [-0.4, -0.2) is 37.6 Å². The molecule has 2 N–H and O–H groups in total. The molecule has 7 nitrogen and oxygen atoms in total. The number of fused-ring (bicyclic) bond motifs is 8. The molecule has 0 fully saturated rings. The van der Waals surface area contributed by atoms with E-state index < -0.39 is 5.60 Å². The Labute approximate surface area is 265 Å². The van der Waals surface area contributed by atoms with E-state index in [0.29, 0.717) is 23.7 Å². The minimum atomic E-state index is -1.19. The van der Waals surface area contributed by atoms with Crippen LogP contribution in [0.25, 0.3) is 0 Å². The van der Waals surface area contributed by atoms with Crippen LogP contribution in [-0.2, 0) is 36.0 Å². The average Bonchev–Trinajstić information content (AvgIpc) is 3.34. The van der Waals surface area contributed by atoms with Gasteiger partial charge in [-0.05, 0) is 99.7 Å². The van der Waals surface area contributed by atoms with E-state index >= 15 is 0 Å². The SMILES string of the molecule is CCCCNC(=O)c1ccc2c(c1)C1(OC2=O)c2cc3c(c(CCC)c2Oc2c1cc1c4c2CCCN4CCC1)NC(C)CC3. The molecule has 1 amide bonds. The van der Waals surface area contributed by atoms with E-state index in [1.165, 1.54) is 28.1 Å². The first-order valence-electron chi connectivity index (χ1n) is 17.2. The van der Waals surface area contributed by atoms with Crippen LogP contribution in [0.2, 0.25) is 0 Å². The molecule has 5 aliphatic heterocycles. The second-order valence-electron chi connectivity index (χ2n) is 13.6. The van der Waals surface area contributed by atoms with Gasteiger partial charge in [-0.3, -0.25) is 4.79 Å². The molecule has 0 aliphatic carbocycles. The molecule has 5 aliphatic rings. The third-order valence-electron chi connectivity index (χ3n) is 10.6. The number of hydrogen-bond donors (Lipinski definition) is 2. The van der Waals surface area contributed by atoms with Gasteiger partial charge < -0.3 is 25.0 Å². The van der Waals surface area contributed by atoms with Crippen LogP contribution < -0.4 is 20.3 Å². The van der Waals surface area contributed by atoms with Crippen LogP contribution in [0.3, 0.4) is 0 Å². The van der Waals surface area contributed by atoms with Gasteiger partial charge in [0.05, 0.1) is 5.56 Å². The van der Waals surface area contributed by atoms with Gasteiger partial charge in [0.2, 0.25) is 0 Å². The van der Waals surface area contributed by atoms with Crippen LogP contribution >= 0.6 is 0 Å². The van der Waals surface area contributed by atoms with E-state index in [9.17, 15) is 9.59 Å². The zero-order chi connectivity index (χ0) is 30.9. The number of unbranched alkanes of at least 4 members (excludes halogenated alkanes) is 1. The molecule has 0 aromatic heterocycles. The number of rotatable bonds is 6. The second kappa shape index (κ2) is 10.8. The van der Waals surface area contributed by atoms with Crippen molar-refractivity contribution in [2.24, 2.45) is 0 Å². The van der Waals surface area contributed by atoms with Crippen molar-refractivity contribution in [1.82, 2.24) is 5.32 Å². The number of nitrogens with zero attached hydrogens (tertiary/aromatic N) is 1. The van der Waals surface area contributed by atoms with Crippen LogP contribution in [0.15, 0.2) is 30.3 Å². The van der Waals surface area contributed by atoms with E-state index in [-0.39, 0.29) is 11.9 Å². The molecule has 0 saturated heterocycles. The lowest BCUT2D eigenvalue weighted by Gasteiger charge is -2.44. The molecule has 45 heavy (non-hydrogen) atoms. The fraction of sp³-hybridized carbons (Fsp3) is 0.474. The minimum Gasteiger partial charge on any atom is -0.456 e. The summed E-state index contributed by atoms with van der Waals surface area (Å²) in [4.78, 5) is 29.8. The van der Waals surface area contributed by atoms with Crippen molar-refractivity contribution >= 4 is 23.3 Å². The fourth-order valence-electron chi connectivity index (χ4n) is 8.46. The number of esters is 1. The Bertz CT molecular complexity index is 1740. The van der Waals surface area contributed by atoms with Gasteiger partial charge in [0.25, 0.3) is 5.91 Å². The number of anilines is 2. The lowest BCUT2D eigenvalue weighted by atomic mass is 9.72. The molecule has 0 bridgehead atoms. The van der Waals surface area contributed by atoms with Crippen molar-refractivity contribution in [2.45, 2.75) is 96.6 Å². The summed E-state index contributed by atoms with van der Waals surface area (Å²) in [5.41, 5.74) is 9.86. The van der Waals surface area contributed by atoms with Crippen LogP contribution in [0.4, 0.5) is 11.4 Å². The Morgan fingerprint density at radius 1 is 1.00 bits per heavy atom. The molecule has 5 heterocycles. The summed E-state index contributed by atoms with van der Waals surface area (Å²) in [5.74, 6) is 1.18. The Hall–Kier alpha value is -4.00. The van der Waals surface area contributed by atoms with Crippen LogP contribution in [0.1, 0.15) is 119 Å². The maximum absolute atomic E-state index is 13.9. The second-order valence-corrected chi connectivity index (χ2v) is 13.6. The maximum Gasteiger partial charge on any atom is 0.340 e. The summed E-state index contributed by atoms with van der Waals surface area (Å²) in [5, 5.41) is 6.86. The molecule has 3 aromatic carbocycles. The van der Waals surface area contributed by atoms with Crippen molar-refractivity contribution in [3.63, 3.8) is 0 Å². The summed E-state index contributed by atoms with van der Waals surface area (Å²) in [6.07, 6.45) is 9.81. The molecule has 2 unspecified atom stereocenters. The van der Waals surface area contributed by atoms with Crippen LogP contribution in [0, 0.1) is 0 Å². The van der Waals surface area contributed by atoms with Gasteiger partial charge in [-0.1, -0.05) is 26.7 Å². The maximum atomic E-state index is 13.9. The van der Waals surface area contributed by atoms with Gasteiger partial charge in [-0.2, -0.15) is 0 Å². The molecule has 0 saturated carbocycles. The number of carbonyl (C=O) groups is 2. The van der Waals surface area contributed by atoms with Gasteiger partial charge >= 0.3 is 5.97 Å². The molecule has 2 atom stereocenters. The van der Waals surface area contributed by atoms with Gasteiger partial charge in [-0.25, -0.2) is 4.79 Å². The number of ether oxygens (including phenoxy) is 2. The van der Waals surface area contributed by atoms with Crippen LogP contribution in [0.5, 0.6) is 11.5 Å². The highest BCUT2D eigenvalue weighted by Crippen LogP contribution is 2.61. The molecule has 7 heteroatoms. The first kappa shape index (κ1) is 28.5. The van der Waals surface area contributed by atoms with Crippen molar-refractivity contribution in [2.75, 3.05) is 29.9 Å². The van der Waals surface area contributed by atoms with Gasteiger partial charge in [0, 0.05) is 70.4 Å². The summed E-state index contributed by atoms with van der Waals surface area (Å²) in [6, 6.07) is 10.3. The summed E-state index contributed by atoms with van der Waals surface area (Å²) in [7, 11) is 0. The number of aryl methyl sites for hydroxylation is 2. The average molecular weight is 606 g/mol. The first-order chi connectivity index (χ1) is 21.9. The Morgan fingerprint density at radius 2 is 1.80 bits per heavy atom. The quantitative estimate of drug-likeness (QED) is 0.229. The van der Waals surface area contributed by atoms with Crippen molar-refractivity contribution in [3.8, 4) is 11.5 Å². The Kier molecular flexibility index (Phi) is 6.84. The predicted octanol–water partition coefficient (Wildman–Crippen LogP) is 7.18. The zero-order valence-electron chi connectivity index (χ0n) is 26.7. The molecule has 3 aromatic rings. The highest BCUT2D eigenvalue weighted by atomic mass is 16.6. The normalized spacial score (nSPS) is 21.9. The first-order valence-corrected chi connectivity index (χ1v) is 17.2. The molecule has 1 spiro atoms. The summed E-state index contributed by atoms with van der Waals surface area (Å²) in [6.45, 7) is 9.30. The number of benzene rings is 3. The third-order valence-corrected chi connectivity index (χ3v) is 10.6. The molecule has 8 rings (SSSR count). The summed E-state index contributed by atoms with van der Waals surface area (Å²) < 4.78 is 13.9. The number of amides is 1. The number of nitrogens with one attached hydrogen (secondary N) is 2. The van der Waals surface area contributed by atoms with Gasteiger partial charge in [0.15, 0.2) is 5.60 Å². The molecular weight excluding hydrogens is 562 g/mol. The predicted molar refractivity (Wildman–Crippen MR) is 176 cm³/mol. The smallest absolute Gasteiger partial charge is 0.340 e. The molecule has 234 valence electrons. The Balaban J connectivity index is 1.42. The fourth-order valence-corrected chi connectivity index (χ4v) is 8.46. The highest BCUT2D eigenvalue weighted by molar-refractivity contribution is 6.01. The summed E-state index contributed by atoms with van der Waals surface area (Å²) >= 11 is 0. The standard InChI is InChI=1S/C38H43N3O4/c1-4-6-16-39-36(42)25-14-15-26-29(21-25)38(45-37(26)43)30-19-23-13-12-22(3)40-32(23)27(9-5-2)34(30)44-35-28-11-8-18-41-17-7-10-24(33(28)41)20-31(35)38/h14-15,19-22,40H,4-13,16-18H2,1-3H3,(H,39,42). The highest BCUT2D eigenvalue weighted by Gasteiger charge is 2.56. The third kappa shape index (κ3) is 4.22. The van der Waals surface area contributed by atoms with E-state index in [1.807, 2.05) is 6.07 Å². The minimum absolute atomic E-state index is 0.125. The number of hydrogen-bond acceptors (Lipinski definition) is 6. The van der Waals surface area contributed by atoms with Crippen molar-refractivity contribution in [3.05, 3.63) is 80.4 Å². The Morgan fingerprint density at radius 3 is 2.62 bits per heavy atom. The molecule has 0 radical (unpaired) electrons. The topological polar surface area (TPSA) is 79.9 Å². The lowest BCUT2D eigenvalue weighted by molar-refractivity contribution is 0.0222. The van der Waals surface area contributed by atoms with E-state index in [2.05, 4.69) is 48.4 Å². The van der Waals surface area contributed by atoms with Crippen molar-refractivity contribution < 1.29 is 19.1 Å². The van der Waals surface area contributed by atoms with E-state index in [0.717, 1.165) is 111 Å². The van der Waals surface area contributed by atoms with Gasteiger partial charge in [-0.15, -0.1) is 0 Å².